The van der Waals surface area contributed by atoms with E-state index in [9.17, 15) is 13.2 Å². The molecule has 0 spiro atoms. The van der Waals surface area contributed by atoms with Crippen molar-refractivity contribution >= 4 is 15.9 Å². The van der Waals surface area contributed by atoms with Gasteiger partial charge in [-0.15, -0.1) is 0 Å². The highest BCUT2D eigenvalue weighted by atomic mass is 79.9. The van der Waals surface area contributed by atoms with Crippen molar-refractivity contribution in [3.63, 3.8) is 0 Å². The number of halogens is 4. The van der Waals surface area contributed by atoms with Gasteiger partial charge in [0.15, 0.2) is 0 Å². The van der Waals surface area contributed by atoms with E-state index < -0.39 is 17.9 Å². The summed E-state index contributed by atoms with van der Waals surface area (Å²) in [4.78, 5) is 3.27. The summed E-state index contributed by atoms with van der Waals surface area (Å²) in [6.07, 6.45) is -1.74. The van der Waals surface area contributed by atoms with Crippen LogP contribution in [-0.2, 0) is 6.54 Å². The van der Waals surface area contributed by atoms with Crippen molar-refractivity contribution in [3.8, 4) is 0 Å². The van der Waals surface area contributed by atoms with Crippen LogP contribution >= 0.6 is 15.9 Å². The van der Waals surface area contributed by atoms with Crippen LogP contribution in [0.25, 0.3) is 0 Å². The Kier molecular flexibility index (Phi) is 3.27. The molecule has 0 unspecified atom stereocenters. The van der Waals surface area contributed by atoms with Gasteiger partial charge in [-0.3, -0.25) is 0 Å². The third-order valence-corrected chi connectivity index (χ3v) is 2.29. The fraction of sp³-hybridized carbons (Fsp3) is 0.286. The number of hydrogen-bond acceptors (Lipinski definition) is 2. The van der Waals surface area contributed by atoms with E-state index in [-0.39, 0.29) is 16.6 Å². The van der Waals surface area contributed by atoms with Gasteiger partial charge in [0.1, 0.15) is 0 Å². The van der Waals surface area contributed by atoms with Crippen LogP contribution in [-0.4, -0.2) is 4.98 Å². The molecule has 72 valence electrons. The average Bonchev–Trinajstić information content (AvgIpc) is 2.08. The highest BCUT2D eigenvalue weighted by Crippen LogP contribution is 2.31. The predicted molar refractivity (Wildman–Crippen MR) is 44.7 cm³/mol. The number of hydrogen-bond donors (Lipinski definition) is 1. The smallest absolute Gasteiger partial charge is 0.265 e. The average molecular weight is 255 g/mol. The second-order valence-corrected chi connectivity index (χ2v) is 3.10. The van der Waals surface area contributed by atoms with Gasteiger partial charge in [-0.25, -0.2) is 13.8 Å². The van der Waals surface area contributed by atoms with Crippen LogP contribution in [0.15, 0.2) is 10.7 Å². The summed E-state index contributed by atoms with van der Waals surface area (Å²) in [5.74, 6) is -0.951. The van der Waals surface area contributed by atoms with E-state index in [1.54, 1.807) is 0 Å². The lowest BCUT2D eigenvalue weighted by Gasteiger charge is -2.08. The standard InChI is InChI=1S/C7H6BrF3N2/c8-5-4(6(9)10)3(1-12)2-13-7(5)11/h2,6H,1,12H2. The molecular weight excluding hydrogens is 249 g/mol. The summed E-state index contributed by atoms with van der Waals surface area (Å²) >= 11 is 2.70. The fourth-order valence-corrected chi connectivity index (χ4v) is 1.44. The lowest BCUT2D eigenvalue weighted by molar-refractivity contribution is 0.148. The quantitative estimate of drug-likeness (QED) is 0.824. The minimum Gasteiger partial charge on any atom is -0.326 e. The van der Waals surface area contributed by atoms with Crippen LogP contribution in [0.2, 0.25) is 0 Å². The Morgan fingerprint density at radius 2 is 2.15 bits per heavy atom. The van der Waals surface area contributed by atoms with Crippen molar-refractivity contribution in [2.24, 2.45) is 5.73 Å². The Bertz CT molecular complexity index is 317. The summed E-state index contributed by atoms with van der Waals surface area (Å²) in [5, 5.41) is 0. The van der Waals surface area contributed by atoms with Crippen LogP contribution in [0.4, 0.5) is 13.2 Å². The zero-order valence-corrected chi connectivity index (χ0v) is 7.98. The number of nitrogens with zero attached hydrogens (tertiary/aromatic N) is 1. The zero-order valence-electron chi connectivity index (χ0n) is 6.40. The molecular formula is C7H6BrF3N2. The summed E-state index contributed by atoms with van der Waals surface area (Å²) in [5.41, 5.74) is 4.91. The maximum absolute atomic E-state index is 12.7. The summed E-state index contributed by atoms with van der Waals surface area (Å²) in [6.45, 7) is -0.0917. The predicted octanol–water partition coefficient (Wildman–Crippen LogP) is 2.38. The first kappa shape index (κ1) is 10.5. The van der Waals surface area contributed by atoms with Gasteiger partial charge in [0, 0.05) is 18.3 Å². The van der Waals surface area contributed by atoms with Crippen molar-refractivity contribution in [2.75, 3.05) is 0 Å². The first-order valence-electron chi connectivity index (χ1n) is 3.39. The molecule has 0 aliphatic carbocycles. The van der Waals surface area contributed by atoms with Crippen molar-refractivity contribution in [1.29, 1.82) is 0 Å². The van der Waals surface area contributed by atoms with Crippen molar-refractivity contribution in [2.45, 2.75) is 13.0 Å². The molecule has 0 saturated heterocycles. The summed E-state index contributed by atoms with van der Waals surface area (Å²) < 4.78 is 37.2. The molecule has 0 aromatic carbocycles. The van der Waals surface area contributed by atoms with Gasteiger partial charge in [-0.1, -0.05) is 0 Å². The molecule has 1 aromatic rings. The van der Waals surface area contributed by atoms with E-state index in [0.717, 1.165) is 6.20 Å². The summed E-state index contributed by atoms with van der Waals surface area (Å²) in [7, 11) is 0. The number of rotatable bonds is 2. The van der Waals surface area contributed by atoms with E-state index in [1.165, 1.54) is 0 Å². The molecule has 0 aliphatic heterocycles. The van der Waals surface area contributed by atoms with Gasteiger partial charge < -0.3 is 5.73 Å². The minimum absolute atomic E-state index is 0.0917. The molecule has 1 aromatic heterocycles. The number of aromatic nitrogens is 1. The van der Waals surface area contributed by atoms with Gasteiger partial charge in [0.2, 0.25) is 5.95 Å². The SMILES string of the molecule is NCc1cnc(F)c(Br)c1C(F)F. The highest BCUT2D eigenvalue weighted by molar-refractivity contribution is 9.10. The van der Waals surface area contributed by atoms with Crippen LogP contribution in [0.3, 0.4) is 0 Å². The lowest BCUT2D eigenvalue weighted by Crippen LogP contribution is -2.05. The molecule has 0 saturated carbocycles. The Morgan fingerprint density at radius 1 is 1.54 bits per heavy atom. The van der Waals surface area contributed by atoms with Gasteiger partial charge in [-0.05, 0) is 21.5 Å². The molecule has 0 radical (unpaired) electrons. The molecule has 13 heavy (non-hydrogen) atoms. The van der Waals surface area contributed by atoms with Gasteiger partial charge >= 0.3 is 0 Å². The fourth-order valence-electron chi connectivity index (χ4n) is 0.911. The normalized spacial score (nSPS) is 10.9. The Hall–Kier alpha value is -0.620. The third kappa shape index (κ3) is 2.00. The van der Waals surface area contributed by atoms with Crippen LogP contribution < -0.4 is 5.73 Å². The van der Waals surface area contributed by atoms with Gasteiger partial charge in [-0.2, -0.15) is 4.39 Å². The molecule has 0 atom stereocenters. The molecule has 2 N–H and O–H groups in total. The van der Waals surface area contributed by atoms with Gasteiger partial charge in [0.25, 0.3) is 6.43 Å². The number of nitrogens with two attached hydrogens (primary N) is 1. The number of pyridine rings is 1. The number of alkyl halides is 2. The van der Waals surface area contributed by atoms with Crippen molar-refractivity contribution < 1.29 is 13.2 Å². The Labute approximate surface area is 81.1 Å². The maximum Gasteiger partial charge on any atom is 0.265 e. The summed E-state index contributed by atoms with van der Waals surface area (Å²) in [6, 6.07) is 0. The van der Waals surface area contributed by atoms with E-state index in [4.69, 9.17) is 5.73 Å². The molecule has 1 heterocycles. The first-order chi connectivity index (χ1) is 6.07. The second-order valence-electron chi connectivity index (χ2n) is 2.31. The van der Waals surface area contributed by atoms with E-state index in [0.29, 0.717) is 0 Å². The van der Waals surface area contributed by atoms with Crippen molar-refractivity contribution in [1.82, 2.24) is 4.98 Å². The molecule has 0 fully saturated rings. The van der Waals surface area contributed by atoms with E-state index in [2.05, 4.69) is 20.9 Å². The van der Waals surface area contributed by atoms with Crippen molar-refractivity contribution in [3.05, 3.63) is 27.7 Å². The molecule has 0 bridgehead atoms. The topological polar surface area (TPSA) is 38.9 Å². The van der Waals surface area contributed by atoms with Crippen LogP contribution in [0.5, 0.6) is 0 Å². The Balaban J connectivity index is 3.32. The largest absolute Gasteiger partial charge is 0.326 e. The Morgan fingerprint density at radius 3 is 2.62 bits per heavy atom. The zero-order chi connectivity index (χ0) is 10.0. The van der Waals surface area contributed by atoms with Gasteiger partial charge in [0.05, 0.1) is 4.47 Å². The molecule has 1 rings (SSSR count). The molecule has 6 heteroatoms. The molecule has 2 nitrogen and oxygen atoms in total. The second kappa shape index (κ2) is 4.06. The highest BCUT2D eigenvalue weighted by Gasteiger charge is 2.19. The van der Waals surface area contributed by atoms with E-state index in [1.807, 2.05) is 0 Å². The monoisotopic (exact) mass is 254 g/mol. The lowest BCUT2D eigenvalue weighted by atomic mass is 10.1. The third-order valence-electron chi connectivity index (χ3n) is 1.54. The van der Waals surface area contributed by atoms with E-state index >= 15 is 0 Å². The first-order valence-corrected chi connectivity index (χ1v) is 4.18. The maximum atomic E-state index is 12.7. The molecule has 0 aliphatic rings. The molecule has 0 amide bonds. The van der Waals surface area contributed by atoms with Crippen LogP contribution in [0, 0.1) is 5.95 Å². The minimum atomic E-state index is -2.76. The van der Waals surface area contributed by atoms with Crippen LogP contribution in [0.1, 0.15) is 17.6 Å².